The van der Waals surface area contributed by atoms with E-state index in [2.05, 4.69) is 36.3 Å². The second-order valence-corrected chi connectivity index (χ2v) is 8.51. The molecule has 0 spiro atoms. The Morgan fingerprint density at radius 3 is 2.57 bits per heavy atom. The number of nitrogens with one attached hydrogen (secondary N) is 1. The second-order valence-electron chi connectivity index (χ2n) is 6.52. The number of fused-ring (bicyclic) bond motifs is 1. The van der Waals surface area contributed by atoms with Crippen LogP contribution in [0.15, 0.2) is 23.2 Å². The summed E-state index contributed by atoms with van der Waals surface area (Å²) in [5.41, 5.74) is 4.97. The van der Waals surface area contributed by atoms with Crippen molar-refractivity contribution in [3.8, 4) is 0 Å². The van der Waals surface area contributed by atoms with Crippen molar-refractivity contribution in [3.63, 3.8) is 0 Å². The van der Waals surface area contributed by atoms with Crippen molar-refractivity contribution in [2.24, 2.45) is 0 Å². The van der Waals surface area contributed by atoms with Crippen LogP contribution >= 0.6 is 23.1 Å². The van der Waals surface area contributed by atoms with Crippen LogP contribution in [0.1, 0.15) is 32.1 Å². The lowest BCUT2D eigenvalue weighted by Crippen LogP contribution is -2.14. The summed E-state index contributed by atoms with van der Waals surface area (Å²) in [6, 6.07) is 6.25. The fraction of sp³-hybridized carbons (Fsp3) is 0.300. The normalized spacial score (nSPS) is 10.9. The number of thioether (sulfide) groups is 1. The first-order valence-corrected chi connectivity index (χ1v) is 10.5. The summed E-state index contributed by atoms with van der Waals surface area (Å²) in [4.78, 5) is 33.3. The molecule has 1 N–H and O–H groups in total. The molecule has 2 heterocycles. The van der Waals surface area contributed by atoms with E-state index in [9.17, 15) is 9.59 Å². The molecule has 0 unspecified atom stereocenters. The first-order valence-electron chi connectivity index (χ1n) is 8.65. The number of carbonyl (C=O) groups is 2. The molecule has 0 fully saturated rings. The quantitative estimate of drug-likeness (QED) is 0.490. The van der Waals surface area contributed by atoms with E-state index in [1.807, 2.05) is 13.0 Å². The van der Waals surface area contributed by atoms with Crippen LogP contribution in [0.2, 0.25) is 0 Å². The Morgan fingerprint density at radius 2 is 1.86 bits per heavy atom. The van der Waals surface area contributed by atoms with E-state index in [0.717, 1.165) is 38.4 Å². The molecule has 0 atom stereocenters. The topological polar surface area (TPSA) is 81.2 Å². The number of esters is 1. The number of thiazole rings is 1. The minimum absolute atomic E-state index is 0.199. The highest BCUT2D eigenvalue weighted by atomic mass is 32.2. The number of carbonyl (C=O) groups excluding carboxylic acids is 2. The number of hydrogen-bond acceptors (Lipinski definition) is 7. The van der Waals surface area contributed by atoms with Crippen molar-refractivity contribution in [2.75, 3.05) is 18.2 Å². The van der Waals surface area contributed by atoms with Crippen molar-refractivity contribution in [3.05, 3.63) is 45.5 Å². The monoisotopic (exact) mass is 415 g/mol. The zero-order chi connectivity index (χ0) is 20.4. The van der Waals surface area contributed by atoms with E-state index < -0.39 is 5.97 Å². The molecule has 2 aromatic heterocycles. The molecule has 1 aromatic carbocycles. The van der Waals surface area contributed by atoms with Crippen molar-refractivity contribution in [1.82, 2.24) is 9.97 Å². The van der Waals surface area contributed by atoms with E-state index in [-0.39, 0.29) is 11.7 Å². The van der Waals surface area contributed by atoms with Gasteiger partial charge in [0.1, 0.15) is 4.88 Å². The van der Waals surface area contributed by atoms with E-state index >= 15 is 0 Å². The third-order valence-corrected chi connectivity index (χ3v) is 6.16. The number of aryl methyl sites for hydroxylation is 4. The van der Waals surface area contributed by atoms with Gasteiger partial charge in [-0.2, -0.15) is 0 Å². The maximum Gasteiger partial charge on any atom is 0.350 e. The number of methoxy groups -OCH3 is 1. The fourth-order valence-corrected chi connectivity index (χ4v) is 4.58. The lowest BCUT2D eigenvalue weighted by Gasteiger charge is -2.09. The first kappa shape index (κ1) is 20.3. The SMILES string of the molecule is COC(=O)c1sc(NC(=O)CSc2cc(C)c3cc(C)cc(C)c3n2)nc1C. The lowest BCUT2D eigenvalue weighted by atomic mass is 10.0. The molecule has 3 rings (SSSR count). The molecule has 1 amide bonds. The van der Waals surface area contributed by atoms with E-state index in [1.54, 1.807) is 6.92 Å². The molecular formula is C20H21N3O3S2. The first-order chi connectivity index (χ1) is 13.3. The molecule has 28 heavy (non-hydrogen) atoms. The van der Waals surface area contributed by atoms with Crippen molar-refractivity contribution >= 4 is 51.0 Å². The molecule has 0 aliphatic carbocycles. The predicted octanol–water partition coefficient (Wildman–Crippen LogP) is 4.44. The third-order valence-electron chi connectivity index (χ3n) is 4.20. The molecule has 0 bridgehead atoms. The van der Waals surface area contributed by atoms with Crippen molar-refractivity contribution < 1.29 is 14.3 Å². The summed E-state index contributed by atoms with van der Waals surface area (Å²) in [7, 11) is 1.32. The van der Waals surface area contributed by atoms with Crippen LogP contribution in [0.5, 0.6) is 0 Å². The smallest absolute Gasteiger partial charge is 0.350 e. The summed E-state index contributed by atoms with van der Waals surface area (Å²) in [6.07, 6.45) is 0. The highest BCUT2D eigenvalue weighted by Gasteiger charge is 2.17. The van der Waals surface area contributed by atoms with Gasteiger partial charge < -0.3 is 10.1 Å². The number of rotatable bonds is 5. The van der Waals surface area contributed by atoms with Crippen LogP contribution in [0, 0.1) is 27.7 Å². The molecule has 6 nitrogen and oxygen atoms in total. The van der Waals surface area contributed by atoms with Crippen LogP contribution in [0.25, 0.3) is 10.9 Å². The average Bonchev–Trinajstić information content (AvgIpc) is 3.00. The summed E-state index contributed by atoms with van der Waals surface area (Å²) in [6.45, 7) is 7.89. The van der Waals surface area contributed by atoms with Crippen LogP contribution in [-0.2, 0) is 9.53 Å². The maximum absolute atomic E-state index is 12.3. The lowest BCUT2D eigenvalue weighted by molar-refractivity contribution is -0.113. The van der Waals surface area contributed by atoms with Gasteiger partial charge in [-0.15, -0.1) is 0 Å². The Balaban J connectivity index is 1.70. The summed E-state index contributed by atoms with van der Waals surface area (Å²) >= 11 is 2.48. The second kappa shape index (κ2) is 8.28. The average molecular weight is 416 g/mol. The predicted molar refractivity (Wildman–Crippen MR) is 113 cm³/mol. The maximum atomic E-state index is 12.3. The van der Waals surface area contributed by atoms with Gasteiger partial charge in [0.15, 0.2) is 5.13 Å². The van der Waals surface area contributed by atoms with Gasteiger partial charge in [0, 0.05) is 5.39 Å². The van der Waals surface area contributed by atoms with Gasteiger partial charge in [0.2, 0.25) is 5.91 Å². The molecule has 3 aromatic rings. The molecule has 0 saturated carbocycles. The minimum atomic E-state index is -0.452. The number of nitrogens with zero attached hydrogens (tertiary/aromatic N) is 2. The Morgan fingerprint density at radius 1 is 1.11 bits per heavy atom. The van der Waals surface area contributed by atoms with Gasteiger partial charge in [-0.25, -0.2) is 14.8 Å². The van der Waals surface area contributed by atoms with Crippen molar-refractivity contribution in [1.29, 1.82) is 0 Å². The van der Waals surface area contributed by atoms with Gasteiger partial charge in [0.25, 0.3) is 0 Å². The Bertz CT molecular complexity index is 1080. The standard InChI is InChI=1S/C20H21N3O3S2/c1-10-6-12(3)17-14(7-10)11(2)8-16(23-17)27-9-15(24)22-20-21-13(4)18(28-20)19(25)26-5/h6-8H,9H2,1-5H3,(H,21,22,24). The Labute approximate surface area is 171 Å². The van der Waals surface area contributed by atoms with Crippen LogP contribution in [-0.4, -0.2) is 34.7 Å². The molecular weight excluding hydrogens is 394 g/mol. The fourth-order valence-electron chi connectivity index (χ4n) is 2.92. The Kier molecular flexibility index (Phi) is 6.00. The number of amides is 1. The number of benzene rings is 1. The molecule has 0 aliphatic heterocycles. The molecule has 146 valence electrons. The number of hydrogen-bond donors (Lipinski definition) is 1. The van der Waals surface area contributed by atoms with E-state index in [0.29, 0.717) is 15.7 Å². The van der Waals surface area contributed by atoms with Gasteiger partial charge in [-0.3, -0.25) is 4.79 Å². The highest BCUT2D eigenvalue weighted by molar-refractivity contribution is 7.99. The number of anilines is 1. The van der Waals surface area contributed by atoms with Gasteiger partial charge in [0.05, 0.1) is 29.1 Å². The van der Waals surface area contributed by atoms with Crippen molar-refractivity contribution in [2.45, 2.75) is 32.7 Å². The van der Waals surface area contributed by atoms with Crippen LogP contribution in [0.4, 0.5) is 5.13 Å². The number of ether oxygens (including phenoxy) is 1. The van der Waals surface area contributed by atoms with E-state index in [4.69, 9.17) is 9.72 Å². The largest absolute Gasteiger partial charge is 0.465 e. The third kappa shape index (κ3) is 4.34. The van der Waals surface area contributed by atoms with Crippen LogP contribution < -0.4 is 5.32 Å². The summed E-state index contributed by atoms with van der Waals surface area (Å²) in [5, 5.41) is 5.06. The van der Waals surface area contributed by atoms with Crippen LogP contribution in [0.3, 0.4) is 0 Å². The van der Waals surface area contributed by atoms with Gasteiger partial charge >= 0.3 is 5.97 Å². The van der Waals surface area contributed by atoms with Gasteiger partial charge in [-0.1, -0.05) is 34.7 Å². The summed E-state index contributed by atoms with van der Waals surface area (Å²) in [5.74, 6) is -0.448. The summed E-state index contributed by atoms with van der Waals surface area (Å²) < 4.78 is 4.71. The molecule has 0 aliphatic rings. The van der Waals surface area contributed by atoms with E-state index in [1.165, 1.54) is 24.4 Å². The number of aromatic nitrogens is 2. The zero-order valence-corrected chi connectivity index (χ0v) is 18.0. The van der Waals surface area contributed by atoms with Gasteiger partial charge in [-0.05, 0) is 51.0 Å². The zero-order valence-electron chi connectivity index (χ0n) is 16.4. The molecule has 8 heteroatoms. The number of pyridine rings is 1. The Hall–Kier alpha value is -2.45. The molecule has 0 saturated heterocycles. The molecule has 0 radical (unpaired) electrons. The minimum Gasteiger partial charge on any atom is -0.465 e. The highest BCUT2D eigenvalue weighted by Crippen LogP contribution is 2.27.